The molecule has 8 heteroatoms. The topological polar surface area (TPSA) is 29.1 Å². The van der Waals surface area contributed by atoms with E-state index in [1.807, 2.05) is 5.32 Å². The number of hydrogen-bond donors (Lipinski definition) is 1. The van der Waals surface area contributed by atoms with Gasteiger partial charge in [-0.3, -0.25) is 4.79 Å². The minimum absolute atomic E-state index is 0.132. The van der Waals surface area contributed by atoms with Crippen molar-refractivity contribution in [1.29, 1.82) is 0 Å². The first kappa shape index (κ1) is 15.7. The Hall–Kier alpha value is -1.73. The minimum Gasteiger partial charge on any atom is -0.326 e. The molecule has 0 aromatic heterocycles. The van der Waals surface area contributed by atoms with E-state index in [0.29, 0.717) is 0 Å². The Labute approximate surface area is 116 Å². The lowest BCUT2D eigenvalue weighted by atomic mass is 9.81. The van der Waals surface area contributed by atoms with Crippen molar-refractivity contribution in [2.24, 2.45) is 5.92 Å². The first-order valence-corrected chi connectivity index (χ1v) is 6.09. The van der Waals surface area contributed by atoms with E-state index in [-0.39, 0.29) is 5.69 Å². The minimum atomic E-state index is -2.96. The summed E-state index contributed by atoms with van der Waals surface area (Å²) in [4.78, 5) is 11.7. The summed E-state index contributed by atoms with van der Waals surface area (Å²) in [5, 5.41) is 1.95. The van der Waals surface area contributed by atoms with Crippen LogP contribution in [0, 0.1) is 11.7 Å². The SMILES string of the molecule is O=C(Nc1cccc(F)c1)C1C(F)C(F)C(F)C(F)C1F. The first-order valence-electron chi connectivity index (χ1n) is 6.09. The molecule has 0 heterocycles. The van der Waals surface area contributed by atoms with Gasteiger partial charge in [-0.05, 0) is 18.2 Å². The molecule has 116 valence electrons. The number of hydrogen-bond acceptors (Lipinski definition) is 1. The highest BCUT2D eigenvalue weighted by Crippen LogP contribution is 2.36. The van der Waals surface area contributed by atoms with Gasteiger partial charge < -0.3 is 5.32 Å². The molecule has 4 atom stereocenters. The van der Waals surface area contributed by atoms with Gasteiger partial charge in [-0.15, -0.1) is 0 Å². The van der Waals surface area contributed by atoms with Crippen LogP contribution in [-0.2, 0) is 4.79 Å². The van der Waals surface area contributed by atoms with Crippen molar-refractivity contribution in [2.75, 3.05) is 5.32 Å². The average molecular weight is 311 g/mol. The fourth-order valence-corrected chi connectivity index (χ4v) is 2.18. The lowest BCUT2D eigenvalue weighted by Gasteiger charge is -2.35. The molecule has 21 heavy (non-hydrogen) atoms. The van der Waals surface area contributed by atoms with Crippen LogP contribution in [0.3, 0.4) is 0 Å². The number of alkyl halides is 5. The van der Waals surface area contributed by atoms with E-state index in [1.54, 1.807) is 0 Å². The molecule has 2 rings (SSSR count). The predicted molar refractivity (Wildman–Crippen MR) is 63.0 cm³/mol. The van der Waals surface area contributed by atoms with E-state index in [1.165, 1.54) is 12.1 Å². The van der Waals surface area contributed by atoms with Crippen LogP contribution in [0.25, 0.3) is 0 Å². The smallest absolute Gasteiger partial charge is 0.233 e. The molecule has 1 amide bonds. The molecule has 0 saturated heterocycles. The van der Waals surface area contributed by atoms with Crippen LogP contribution in [-0.4, -0.2) is 36.8 Å². The van der Waals surface area contributed by atoms with Crippen molar-refractivity contribution in [3.05, 3.63) is 30.1 Å². The molecule has 1 aromatic rings. The van der Waals surface area contributed by atoms with Crippen molar-refractivity contribution in [1.82, 2.24) is 0 Å². The Balaban J connectivity index is 2.17. The zero-order valence-electron chi connectivity index (χ0n) is 10.4. The maximum atomic E-state index is 13.6. The molecule has 1 N–H and O–H groups in total. The summed E-state index contributed by atoms with van der Waals surface area (Å²) in [5.41, 5.74) is -0.132. The van der Waals surface area contributed by atoms with Crippen LogP contribution in [0.1, 0.15) is 0 Å². The number of halogens is 6. The van der Waals surface area contributed by atoms with Crippen molar-refractivity contribution in [2.45, 2.75) is 30.9 Å². The third kappa shape index (κ3) is 2.98. The molecular formula is C13H11F6NO. The molecule has 1 aromatic carbocycles. The van der Waals surface area contributed by atoms with E-state index in [4.69, 9.17) is 0 Å². The Morgan fingerprint density at radius 1 is 0.905 bits per heavy atom. The molecule has 2 nitrogen and oxygen atoms in total. The average Bonchev–Trinajstić information content (AvgIpc) is 2.43. The molecule has 0 aliphatic heterocycles. The largest absolute Gasteiger partial charge is 0.326 e. The zero-order chi connectivity index (χ0) is 15.7. The van der Waals surface area contributed by atoms with E-state index in [2.05, 4.69) is 0 Å². The summed E-state index contributed by atoms with van der Waals surface area (Å²) in [5.74, 6) is -4.44. The molecule has 1 fully saturated rings. The molecule has 0 radical (unpaired) electrons. The van der Waals surface area contributed by atoms with E-state index in [0.717, 1.165) is 12.1 Å². The highest BCUT2D eigenvalue weighted by molar-refractivity contribution is 5.93. The van der Waals surface area contributed by atoms with Gasteiger partial charge in [0.1, 0.15) is 24.1 Å². The van der Waals surface area contributed by atoms with Crippen LogP contribution < -0.4 is 5.32 Å². The fourth-order valence-electron chi connectivity index (χ4n) is 2.18. The highest BCUT2D eigenvalue weighted by Gasteiger charge is 2.56. The molecule has 1 saturated carbocycles. The van der Waals surface area contributed by atoms with Crippen molar-refractivity contribution < 1.29 is 31.1 Å². The van der Waals surface area contributed by atoms with Gasteiger partial charge >= 0.3 is 0 Å². The van der Waals surface area contributed by atoms with Crippen LogP contribution in [0.15, 0.2) is 24.3 Å². The van der Waals surface area contributed by atoms with Crippen molar-refractivity contribution in [3.63, 3.8) is 0 Å². The maximum absolute atomic E-state index is 13.6. The molecule has 1 aliphatic carbocycles. The van der Waals surface area contributed by atoms with E-state index >= 15 is 0 Å². The second-order valence-corrected chi connectivity index (χ2v) is 4.75. The Kier molecular flexibility index (Phi) is 4.43. The zero-order valence-corrected chi connectivity index (χ0v) is 10.4. The second-order valence-electron chi connectivity index (χ2n) is 4.75. The normalized spacial score (nSPS) is 36.3. The summed E-state index contributed by atoms with van der Waals surface area (Å²) in [6.45, 7) is 0. The predicted octanol–water partition coefficient (Wildman–Crippen LogP) is 3.08. The summed E-state index contributed by atoms with van der Waals surface area (Å²) < 4.78 is 79.5. The van der Waals surface area contributed by atoms with Crippen molar-refractivity contribution in [3.8, 4) is 0 Å². The Bertz CT molecular complexity index is 511. The van der Waals surface area contributed by atoms with E-state index < -0.39 is 48.5 Å². The Morgan fingerprint density at radius 2 is 1.43 bits per heavy atom. The van der Waals surface area contributed by atoms with Gasteiger partial charge in [-0.2, -0.15) is 0 Å². The monoisotopic (exact) mass is 311 g/mol. The summed E-state index contributed by atoms with van der Waals surface area (Å²) in [7, 11) is 0. The number of amides is 1. The standard InChI is InChI=1S/C13H11F6NO/c14-5-2-1-3-6(4-5)20-13(21)7-8(15)10(17)12(19)11(18)9(7)16/h1-4,7-12H,(H,20,21). The number of carbonyl (C=O) groups is 1. The maximum Gasteiger partial charge on any atom is 0.233 e. The van der Waals surface area contributed by atoms with Crippen LogP contribution in [0.5, 0.6) is 0 Å². The number of anilines is 1. The summed E-state index contributed by atoms with van der Waals surface area (Å²) >= 11 is 0. The molecular weight excluding hydrogens is 300 g/mol. The molecule has 4 unspecified atom stereocenters. The van der Waals surface area contributed by atoms with Crippen LogP contribution >= 0.6 is 0 Å². The van der Waals surface area contributed by atoms with Gasteiger partial charge in [-0.25, -0.2) is 26.3 Å². The van der Waals surface area contributed by atoms with Gasteiger partial charge in [0.2, 0.25) is 5.91 Å². The molecule has 0 bridgehead atoms. The summed E-state index contributed by atoms with van der Waals surface area (Å²) in [6, 6.07) is 4.37. The quantitative estimate of drug-likeness (QED) is 0.836. The Morgan fingerprint density at radius 3 is 1.95 bits per heavy atom. The van der Waals surface area contributed by atoms with Gasteiger partial charge in [0.25, 0.3) is 0 Å². The third-order valence-corrected chi connectivity index (χ3v) is 3.30. The van der Waals surface area contributed by atoms with Gasteiger partial charge in [-0.1, -0.05) is 6.07 Å². The van der Waals surface area contributed by atoms with E-state index in [9.17, 15) is 31.1 Å². The molecule has 1 aliphatic rings. The van der Waals surface area contributed by atoms with Crippen molar-refractivity contribution >= 4 is 11.6 Å². The van der Waals surface area contributed by atoms with Crippen LogP contribution in [0.2, 0.25) is 0 Å². The second kappa shape index (κ2) is 5.95. The van der Waals surface area contributed by atoms with Gasteiger partial charge in [0, 0.05) is 5.69 Å². The van der Waals surface area contributed by atoms with Gasteiger partial charge in [0.15, 0.2) is 18.5 Å². The number of nitrogens with one attached hydrogen (secondary N) is 1. The molecule has 0 spiro atoms. The lowest BCUT2D eigenvalue weighted by Crippen LogP contribution is -2.56. The highest BCUT2D eigenvalue weighted by atomic mass is 19.2. The lowest BCUT2D eigenvalue weighted by molar-refractivity contribution is -0.138. The summed E-state index contributed by atoms with van der Waals surface area (Å²) in [6.07, 6.45) is -14.5. The van der Waals surface area contributed by atoms with Gasteiger partial charge in [0.05, 0.1) is 0 Å². The number of rotatable bonds is 2. The third-order valence-electron chi connectivity index (χ3n) is 3.30. The fraction of sp³-hybridized carbons (Fsp3) is 0.462. The van der Waals surface area contributed by atoms with Crippen LogP contribution in [0.4, 0.5) is 32.0 Å². The first-order chi connectivity index (χ1) is 9.82. The number of carbonyl (C=O) groups excluding carboxylic acids is 1. The number of benzene rings is 1.